The van der Waals surface area contributed by atoms with Crippen molar-refractivity contribution in [3.63, 3.8) is 0 Å². The Hall–Kier alpha value is -3.20. The molecule has 6 nitrogen and oxygen atoms in total. The standard InChI is InChI=1S/C19H17N3O3/c1-22(2)12-4-5-13-16(8-12)25-19(21)14(9-20)18(13)11-3-6-15-17(7-11)24-10-23-15/h3-8,14,18,21H,10H2,1-2H3. The number of hydrogen-bond donors (Lipinski definition) is 1. The maximum Gasteiger partial charge on any atom is 0.231 e. The maximum absolute atomic E-state index is 9.62. The molecule has 25 heavy (non-hydrogen) atoms. The smallest absolute Gasteiger partial charge is 0.231 e. The van der Waals surface area contributed by atoms with E-state index in [1.165, 1.54) is 0 Å². The van der Waals surface area contributed by atoms with E-state index in [9.17, 15) is 5.26 Å². The molecule has 0 fully saturated rings. The topological polar surface area (TPSA) is 78.6 Å². The number of anilines is 1. The summed E-state index contributed by atoms with van der Waals surface area (Å²) in [5, 5.41) is 17.8. The molecule has 0 aromatic heterocycles. The Labute approximate surface area is 145 Å². The van der Waals surface area contributed by atoms with Gasteiger partial charge in [0.2, 0.25) is 12.7 Å². The average Bonchev–Trinajstić information content (AvgIpc) is 3.07. The first-order valence-corrected chi connectivity index (χ1v) is 7.95. The van der Waals surface area contributed by atoms with Crippen LogP contribution in [0.2, 0.25) is 0 Å². The summed E-state index contributed by atoms with van der Waals surface area (Å²) in [5.41, 5.74) is 2.78. The van der Waals surface area contributed by atoms with Crippen LogP contribution < -0.4 is 19.1 Å². The van der Waals surface area contributed by atoms with Gasteiger partial charge < -0.3 is 19.1 Å². The van der Waals surface area contributed by atoms with E-state index in [-0.39, 0.29) is 18.6 Å². The lowest BCUT2D eigenvalue weighted by Gasteiger charge is -2.31. The van der Waals surface area contributed by atoms with Crippen LogP contribution in [0.1, 0.15) is 17.0 Å². The third kappa shape index (κ3) is 2.45. The van der Waals surface area contributed by atoms with Gasteiger partial charge in [0, 0.05) is 37.3 Å². The molecule has 0 saturated heterocycles. The monoisotopic (exact) mass is 335 g/mol. The average molecular weight is 335 g/mol. The molecule has 2 aliphatic heterocycles. The zero-order valence-electron chi connectivity index (χ0n) is 13.9. The lowest BCUT2D eigenvalue weighted by atomic mass is 9.79. The number of hydrogen-bond acceptors (Lipinski definition) is 6. The zero-order valence-corrected chi connectivity index (χ0v) is 13.9. The summed E-state index contributed by atoms with van der Waals surface area (Å²) in [5.74, 6) is 0.977. The molecular formula is C19H17N3O3. The minimum Gasteiger partial charge on any atom is -0.454 e. The molecule has 0 aliphatic carbocycles. The molecule has 126 valence electrons. The van der Waals surface area contributed by atoms with Crippen molar-refractivity contribution in [2.75, 3.05) is 25.8 Å². The van der Waals surface area contributed by atoms with E-state index in [2.05, 4.69) is 6.07 Å². The Kier molecular flexibility index (Phi) is 3.50. The second-order valence-electron chi connectivity index (χ2n) is 6.28. The van der Waals surface area contributed by atoms with E-state index in [1.54, 1.807) is 0 Å². The third-order valence-corrected chi connectivity index (χ3v) is 4.58. The highest BCUT2D eigenvalue weighted by Crippen LogP contribution is 2.45. The van der Waals surface area contributed by atoms with Crippen LogP contribution >= 0.6 is 0 Å². The first kappa shape index (κ1) is 15.3. The van der Waals surface area contributed by atoms with Crippen LogP contribution in [-0.2, 0) is 0 Å². The van der Waals surface area contributed by atoms with Gasteiger partial charge in [-0.2, -0.15) is 5.26 Å². The molecule has 0 bridgehead atoms. The predicted molar refractivity (Wildman–Crippen MR) is 92.6 cm³/mol. The van der Waals surface area contributed by atoms with Gasteiger partial charge >= 0.3 is 0 Å². The molecule has 2 aromatic rings. The van der Waals surface area contributed by atoms with Crippen LogP contribution in [0.15, 0.2) is 36.4 Å². The Morgan fingerprint density at radius 3 is 2.64 bits per heavy atom. The Morgan fingerprint density at radius 1 is 1.08 bits per heavy atom. The number of fused-ring (bicyclic) bond motifs is 2. The van der Waals surface area contributed by atoms with Crippen molar-refractivity contribution in [2.45, 2.75) is 5.92 Å². The minimum atomic E-state index is -0.682. The van der Waals surface area contributed by atoms with E-state index in [1.807, 2.05) is 55.4 Å². The van der Waals surface area contributed by atoms with Gasteiger partial charge in [-0.3, -0.25) is 5.41 Å². The fourth-order valence-electron chi connectivity index (χ4n) is 3.27. The predicted octanol–water partition coefficient (Wildman–Crippen LogP) is 3.12. The second-order valence-corrected chi connectivity index (χ2v) is 6.28. The van der Waals surface area contributed by atoms with E-state index in [0.29, 0.717) is 17.2 Å². The van der Waals surface area contributed by atoms with Crippen LogP contribution in [0.3, 0.4) is 0 Å². The van der Waals surface area contributed by atoms with E-state index >= 15 is 0 Å². The van der Waals surface area contributed by atoms with Gasteiger partial charge in [0.1, 0.15) is 11.7 Å². The first-order valence-electron chi connectivity index (χ1n) is 7.95. The molecule has 2 aliphatic rings. The maximum atomic E-state index is 9.62. The molecule has 0 spiro atoms. The number of ether oxygens (including phenoxy) is 3. The second kappa shape index (κ2) is 5.71. The lowest BCUT2D eigenvalue weighted by Crippen LogP contribution is -2.31. The highest BCUT2D eigenvalue weighted by Gasteiger charge is 2.37. The molecule has 1 N–H and O–H groups in total. The summed E-state index contributed by atoms with van der Waals surface area (Å²) in [7, 11) is 3.90. The van der Waals surface area contributed by atoms with E-state index in [4.69, 9.17) is 19.6 Å². The fourth-order valence-corrected chi connectivity index (χ4v) is 3.27. The number of nitriles is 1. The quantitative estimate of drug-likeness (QED) is 0.912. The SMILES string of the molecule is CN(C)c1ccc2c(c1)OC(=N)C(C#N)C2c1ccc2c(c1)OCO2. The lowest BCUT2D eigenvalue weighted by molar-refractivity contribution is 0.174. The van der Waals surface area contributed by atoms with Crippen molar-refractivity contribution < 1.29 is 14.2 Å². The number of rotatable bonds is 2. The highest BCUT2D eigenvalue weighted by atomic mass is 16.7. The van der Waals surface area contributed by atoms with Crippen LogP contribution in [0, 0.1) is 22.7 Å². The van der Waals surface area contributed by atoms with Crippen LogP contribution in [0.5, 0.6) is 17.2 Å². The summed E-state index contributed by atoms with van der Waals surface area (Å²) < 4.78 is 16.5. The van der Waals surface area contributed by atoms with Crippen molar-refractivity contribution in [1.29, 1.82) is 10.7 Å². The molecule has 4 rings (SSSR count). The van der Waals surface area contributed by atoms with Crippen LogP contribution in [-0.4, -0.2) is 26.8 Å². The van der Waals surface area contributed by atoms with E-state index < -0.39 is 5.92 Å². The van der Waals surface area contributed by atoms with Gasteiger partial charge in [0.05, 0.1) is 6.07 Å². The van der Waals surface area contributed by atoms with Gasteiger partial charge in [-0.15, -0.1) is 0 Å². The van der Waals surface area contributed by atoms with Gasteiger partial charge in [-0.05, 0) is 23.8 Å². The molecule has 2 unspecified atom stereocenters. The molecule has 0 saturated carbocycles. The molecule has 0 radical (unpaired) electrons. The number of nitrogens with one attached hydrogen (secondary N) is 1. The largest absolute Gasteiger partial charge is 0.454 e. The van der Waals surface area contributed by atoms with Crippen LogP contribution in [0.4, 0.5) is 5.69 Å². The first-order chi connectivity index (χ1) is 12.1. The van der Waals surface area contributed by atoms with Gasteiger partial charge in [0.25, 0.3) is 0 Å². The van der Waals surface area contributed by atoms with Gasteiger partial charge in [-0.1, -0.05) is 12.1 Å². The summed E-state index contributed by atoms with van der Waals surface area (Å²) in [6.07, 6.45) is 0. The highest BCUT2D eigenvalue weighted by molar-refractivity contribution is 5.85. The number of benzene rings is 2. The normalized spacial score (nSPS) is 20.4. The summed E-state index contributed by atoms with van der Waals surface area (Å²) in [6, 6.07) is 13.7. The van der Waals surface area contributed by atoms with Gasteiger partial charge in [-0.25, -0.2) is 0 Å². The molecular weight excluding hydrogens is 318 g/mol. The molecule has 2 heterocycles. The van der Waals surface area contributed by atoms with Crippen molar-refractivity contribution in [3.05, 3.63) is 47.5 Å². The fraction of sp³-hybridized carbons (Fsp3) is 0.263. The Bertz CT molecular complexity index is 901. The van der Waals surface area contributed by atoms with E-state index in [0.717, 1.165) is 16.8 Å². The van der Waals surface area contributed by atoms with Crippen LogP contribution in [0.25, 0.3) is 0 Å². The van der Waals surface area contributed by atoms with Crippen molar-refractivity contribution in [2.24, 2.45) is 5.92 Å². The molecule has 2 atom stereocenters. The molecule has 6 heteroatoms. The summed E-state index contributed by atoms with van der Waals surface area (Å²) in [4.78, 5) is 1.97. The molecule has 2 aromatic carbocycles. The van der Waals surface area contributed by atoms with Crippen molar-refractivity contribution in [3.8, 4) is 23.3 Å². The minimum absolute atomic E-state index is 0.0337. The zero-order chi connectivity index (χ0) is 17.6. The Balaban J connectivity index is 1.85. The third-order valence-electron chi connectivity index (χ3n) is 4.58. The van der Waals surface area contributed by atoms with Gasteiger partial charge in [0.15, 0.2) is 11.5 Å². The summed E-state index contributed by atoms with van der Waals surface area (Å²) in [6.45, 7) is 0.201. The summed E-state index contributed by atoms with van der Waals surface area (Å²) >= 11 is 0. The van der Waals surface area contributed by atoms with Crippen molar-refractivity contribution >= 4 is 11.6 Å². The molecule has 0 amide bonds. The Morgan fingerprint density at radius 2 is 1.88 bits per heavy atom. The van der Waals surface area contributed by atoms with Crippen molar-refractivity contribution in [1.82, 2.24) is 0 Å². The number of nitrogens with zero attached hydrogens (tertiary/aromatic N) is 2.